The molecular formula is C26H30N2O4S. The molecule has 0 aromatic heterocycles. The lowest BCUT2D eigenvalue weighted by Crippen LogP contribution is -2.30. The van der Waals surface area contributed by atoms with Crippen LogP contribution in [0.5, 0.6) is 5.75 Å². The number of hydrogen-bond acceptors (Lipinski definition) is 4. The van der Waals surface area contributed by atoms with Crippen LogP contribution in [0.2, 0.25) is 0 Å². The summed E-state index contributed by atoms with van der Waals surface area (Å²) >= 11 is 0. The van der Waals surface area contributed by atoms with Gasteiger partial charge in [-0.1, -0.05) is 43.3 Å². The number of anilines is 1. The van der Waals surface area contributed by atoms with Crippen LogP contribution < -0.4 is 14.4 Å². The van der Waals surface area contributed by atoms with Crippen molar-refractivity contribution in [3.63, 3.8) is 0 Å². The molecule has 1 amide bonds. The third-order valence-corrected chi connectivity index (χ3v) is 6.77. The summed E-state index contributed by atoms with van der Waals surface area (Å²) < 4.78 is 31.5. The fourth-order valence-corrected chi connectivity index (χ4v) is 4.50. The average Bonchev–Trinajstić information content (AvgIpc) is 2.81. The number of methoxy groups -OCH3 is 1. The van der Waals surface area contributed by atoms with Gasteiger partial charge in [-0.25, -0.2) is 8.42 Å². The van der Waals surface area contributed by atoms with Gasteiger partial charge in [0.15, 0.2) is 0 Å². The van der Waals surface area contributed by atoms with Crippen molar-refractivity contribution in [3.8, 4) is 5.75 Å². The Morgan fingerprint density at radius 1 is 1.00 bits per heavy atom. The molecule has 0 saturated carbocycles. The Labute approximate surface area is 196 Å². The minimum Gasteiger partial charge on any atom is -0.497 e. The molecule has 0 aliphatic heterocycles. The Morgan fingerprint density at radius 2 is 1.64 bits per heavy atom. The van der Waals surface area contributed by atoms with Gasteiger partial charge in [-0.2, -0.15) is 0 Å². The number of aryl methyl sites for hydroxylation is 1. The van der Waals surface area contributed by atoms with Gasteiger partial charge in [0, 0.05) is 5.56 Å². The van der Waals surface area contributed by atoms with Crippen LogP contribution in [0.3, 0.4) is 0 Å². The summed E-state index contributed by atoms with van der Waals surface area (Å²) in [5, 5.41) is 3.05. The van der Waals surface area contributed by atoms with E-state index in [2.05, 4.69) is 5.32 Å². The second-order valence-electron chi connectivity index (χ2n) is 7.95. The quantitative estimate of drug-likeness (QED) is 0.489. The fraction of sp³-hybridized carbons (Fsp3) is 0.269. The first-order valence-electron chi connectivity index (χ1n) is 10.8. The molecule has 0 saturated heterocycles. The second-order valence-corrected chi connectivity index (χ2v) is 9.86. The van der Waals surface area contributed by atoms with E-state index in [9.17, 15) is 13.2 Å². The second kappa shape index (κ2) is 10.5. The number of nitrogens with zero attached hydrogens (tertiary/aromatic N) is 1. The average molecular weight is 467 g/mol. The monoisotopic (exact) mass is 466 g/mol. The smallest absolute Gasteiger partial charge is 0.251 e. The first-order valence-corrected chi connectivity index (χ1v) is 12.6. The minimum atomic E-state index is -3.51. The van der Waals surface area contributed by atoms with Gasteiger partial charge in [0.05, 0.1) is 31.6 Å². The molecule has 0 heterocycles. The summed E-state index contributed by atoms with van der Waals surface area (Å²) in [5.41, 5.74) is 3.92. The molecule has 6 nitrogen and oxygen atoms in total. The molecule has 0 radical (unpaired) electrons. The highest BCUT2D eigenvalue weighted by molar-refractivity contribution is 7.92. The van der Waals surface area contributed by atoms with Crippen molar-refractivity contribution >= 4 is 21.6 Å². The number of carbonyl (C=O) groups is 1. The van der Waals surface area contributed by atoms with E-state index in [1.54, 1.807) is 31.4 Å². The molecular weight excluding hydrogens is 436 g/mol. The molecule has 0 fully saturated rings. The maximum absolute atomic E-state index is 12.9. The molecule has 33 heavy (non-hydrogen) atoms. The van der Waals surface area contributed by atoms with E-state index in [-0.39, 0.29) is 18.5 Å². The molecule has 1 N–H and O–H groups in total. The highest BCUT2D eigenvalue weighted by atomic mass is 32.2. The van der Waals surface area contributed by atoms with Crippen molar-refractivity contribution in [3.05, 3.63) is 95.1 Å². The van der Waals surface area contributed by atoms with Crippen molar-refractivity contribution < 1.29 is 17.9 Å². The van der Waals surface area contributed by atoms with Crippen molar-refractivity contribution in [1.29, 1.82) is 0 Å². The van der Waals surface area contributed by atoms with Crippen LogP contribution in [0.15, 0.2) is 72.8 Å². The Bertz CT molecular complexity index is 1190. The van der Waals surface area contributed by atoms with Crippen molar-refractivity contribution in [2.75, 3.05) is 17.7 Å². The first kappa shape index (κ1) is 24.3. The van der Waals surface area contributed by atoms with Gasteiger partial charge in [0.1, 0.15) is 5.75 Å². The molecule has 1 atom stereocenters. The van der Waals surface area contributed by atoms with Crippen LogP contribution >= 0.6 is 0 Å². The lowest BCUT2D eigenvalue weighted by atomic mass is 10.0. The number of carbonyl (C=O) groups excluding carboxylic acids is 1. The highest BCUT2D eigenvalue weighted by Gasteiger charge is 2.20. The van der Waals surface area contributed by atoms with Crippen LogP contribution in [0.25, 0.3) is 0 Å². The Kier molecular flexibility index (Phi) is 7.76. The molecule has 0 aliphatic rings. The maximum Gasteiger partial charge on any atom is 0.251 e. The van der Waals surface area contributed by atoms with Crippen molar-refractivity contribution in [1.82, 2.24) is 5.32 Å². The van der Waals surface area contributed by atoms with Crippen LogP contribution in [0, 0.1) is 6.92 Å². The standard InChI is InChI=1S/C26H30N2O4S/c1-5-25(20-12-16-24(32-3)17-13-20)27-26(29)21-10-14-23(15-11-21)28(33(4,30)31)18-22-9-7-6-8-19(22)2/h6-17,25H,5,18H2,1-4H3,(H,27,29). The minimum absolute atomic E-state index is 0.142. The molecule has 1 unspecified atom stereocenters. The summed E-state index contributed by atoms with van der Waals surface area (Å²) in [6.45, 7) is 4.19. The Morgan fingerprint density at radius 3 is 2.18 bits per heavy atom. The van der Waals surface area contributed by atoms with Crippen LogP contribution in [0.4, 0.5) is 5.69 Å². The predicted octanol–water partition coefficient (Wildman–Crippen LogP) is 4.85. The maximum atomic E-state index is 12.9. The summed E-state index contributed by atoms with van der Waals surface area (Å²) in [6.07, 6.45) is 1.92. The summed E-state index contributed by atoms with van der Waals surface area (Å²) in [6, 6.07) is 21.8. The van der Waals surface area contributed by atoms with Crippen LogP contribution in [0.1, 0.15) is 46.4 Å². The van der Waals surface area contributed by atoms with Gasteiger partial charge in [-0.3, -0.25) is 9.10 Å². The molecule has 3 aromatic rings. The SMILES string of the molecule is CCC(NC(=O)c1ccc(N(Cc2ccccc2C)S(C)(=O)=O)cc1)c1ccc(OC)cc1. The van der Waals surface area contributed by atoms with Gasteiger partial charge < -0.3 is 10.1 Å². The number of ether oxygens (including phenoxy) is 1. The van der Waals surface area contributed by atoms with Gasteiger partial charge in [0.2, 0.25) is 10.0 Å². The first-order chi connectivity index (χ1) is 15.7. The fourth-order valence-electron chi connectivity index (χ4n) is 3.62. The third-order valence-electron chi connectivity index (χ3n) is 5.62. The molecule has 0 spiro atoms. The van der Waals surface area contributed by atoms with E-state index in [4.69, 9.17) is 4.74 Å². The zero-order valence-corrected chi connectivity index (χ0v) is 20.2. The molecule has 3 rings (SSSR count). The molecule has 174 valence electrons. The highest BCUT2D eigenvalue weighted by Crippen LogP contribution is 2.24. The van der Waals surface area contributed by atoms with Gasteiger partial charge >= 0.3 is 0 Å². The third kappa shape index (κ3) is 6.14. The Balaban J connectivity index is 1.77. The van der Waals surface area contributed by atoms with E-state index in [1.165, 1.54) is 10.6 Å². The number of hydrogen-bond donors (Lipinski definition) is 1. The normalized spacial score (nSPS) is 12.1. The van der Waals surface area contributed by atoms with Gasteiger partial charge in [-0.05, 0) is 66.4 Å². The number of benzene rings is 3. The number of nitrogens with one attached hydrogen (secondary N) is 1. The Hall–Kier alpha value is -3.32. The van der Waals surface area contributed by atoms with Crippen molar-refractivity contribution in [2.45, 2.75) is 32.9 Å². The predicted molar refractivity (Wildman–Crippen MR) is 132 cm³/mol. The van der Waals surface area contributed by atoms with Crippen LogP contribution in [-0.2, 0) is 16.6 Å². The van der Waals surface area contributed by atoms with E-state index in [1.807, 2.05) is 62.4 Å². The van der Waals surface area contributed by atoms with E-state index in [0.717, 1.165) is 28.9 Å². The molecule has 0 bridgehead atoms. The zero-order valence-electron chi connectivity index (χ0n) is 19.4. The van der Waals surface area contributed by atoms with E-state index < -0.39 is 10.0 Å². The number of sulfonamides is 1. The van der Waals surface area contributed by atoms with Crippen LogP contribution in [-0.4, -0.2) is 27.7 Å². The zero-order chi connectivity index (χ0) is 24.0. The lowest BCUT2D eigenvalue weighted by Gasteiger charge is -2.24. The topological polar surface area (TPSA) is 75.7 Å². The summed E-state index contributed by atoms with van der Waals surface area (Å²) in [4.78, 5) is 12.9. The summed E-state index contributed by atoms with van der Waals surface area (Å²) in [7, 11) is -1.89. The van der Waals surface area contributed by atoms with E-state index >= 15 is 0 Å². The molecule has 0 aliphatic carbocycles. The summed E-state index contributed by atoms with van der Waals surface area (Å²) in [5.74, 6) is 0.547. The lowest BCUT2D eigenvalue weighted by molar-refractivity contribution is 0.0935. The number of amides is 1. The van der Waals surface area contributed by atoms with Gasteiger partial charge in [-0.15, -0.1) is 0 Å². The van der Waals surface area contributed by atoms with Crippen molar-refractivity contribution in [2.24, 2.45) is 0 Å². The van der Waals surface area contributed by atoms with Gasteiger partial charge in [0.25, 0.3) is 5.91 Å². The van der Waals surface area contributed by atoms with E-state index in [0.29, 0.717) is 11.3 Å². The molecule has 3 aromatic carbocycles. The largest absolute Gasteiger partial charge is 0.497 e. The molecule has 7 heteroatoms. The number of rotatable bonds is 9.